The highest BCUT2D eigenvalue weighted by molar-refractivity contribution is 9.10. The van der Waals surface area contributed by atoms with Crippen molar-refractivity contribution in [2.24, 2.45) is 0 Å². The van der Waals surface area contributed by atoms with Gasteiger partial charge in [-0.25, -0.2) is 0 Å². The van der Waals surface area contributed by atoms with Crippen molar-refractivity contribution in [2.45, 2.75) is 0 Å². The van der Waals surface area contributed by atoms with Crippen LogP contribution in [-0.2, 0) is 0 Å². The predicted molar refractivity (Wildman–Crippen MR) is 98.0 cm³/mol. The minimum absolute atomic E-state index is 0.0114. The third-order valence-corrected chi connectivity index (χ3v) is 4.26. The summed E-state index contributed by atoms with van der Waals surface area (Å²) in [5.74, 6) is 0.755. The van der Waals surface area contributed by atoms with Crippen LogP contribution in [0.25, 0.3) is 16.8 Å². The molecule has 0 aliphatic rings. The zero-order valence-corrected chi connectivity index (χ0v) is 14.2. The van der Waals surface area contributed by atoms with E-state index in [-0.39, 0.29) is 5.78 Å². The summed E-state index contributed by atoms with van der Waals surface area (Å²) >= 11 is 3.44. The second-order valence-corrected chi connectivity index (χ2v) is 6.01. The fraction of sp³-hybridized carbons (Fsp3) is 0.0500. The van der Waals surface area contributed by atoms with Crippen molar-refractivity contribution in [3.8, 4) is 5.75 Å². The van der Waals surface area contributed by atoms with E-state index in [0.717, 1.165) is 26.6 Å². The van der Waals surface area contributed by atoms with E-state index in [1.54, 1.807) is 13.2 Å². The lowest BCUT2D eigenvalue weighted by Gasteiger charge is -2.03. The number of ketones is 1. The highest BCUT2D eigenvalue weighted by atomic mass is 79.9. The van der Waals surface area contributed by atoms with Gasteiger partial charge in [0.1, 0.15) is 5.75 Å². The van der Waals surface area contributed by atoms with Crippen molar-refractivity contribution in [1.82, 2.24) is 0 Å². The summed E-state index contributed by atoms with van der Waals surface area (Å²) in [4.78, 5) is 12.3. The second kappa shape index (κ2) is 6.80. The molecule has 2 nitrogen and oxygen atoms in total. The lowest BCUT2D eigenvalue weighted by atomic mass is 10.0. The molecule has 0 fully saturated rings. The number of allylic oxidation sites excluding steroid dienone is 1. The van der Waals surface area contributed by atoms with Crippen LogP contribution in [0.1, 0.15) is 15.9 Å². The van der Waals surface area contributed by atoms with Crippen molar-refractivity contribution < 1.29 is 9.53 Å². The first-order chi connectivity index (χ1) is 11.2. The van der Waals surface area contributed by atoms with Crippen LogP contribution in [0.5, 0.6) is 5.75 Å². The van der Waals surface area contributed by atoms with Gasteiger partial charge in [-0.05, 0) is 56.5 Å². The average molecular weight is 367 g/mol. The smallest absolute Gasteiger partial charge is 0.185 e. The first kappa shape index (κ1) is 15.5. The predicted octanol–water partition coefficient (Wildman–Crippen LogP) is 5.51. The van der Waals surface area contributed by atoms with Gasteiger partial charge < -0.3 is 4.74 Å². The normalized spacial score (nSPS) is 11.0. The highest BCUT2D eigenvalue weighted by Crippen LogP contribution is 2.26. The third-order valence-electron chi connectivity index (χ3n) is 3.64. The lowest BCUT2D eigenvalue weighted by Crippen LogP contribution is -1.93. The highest BCUT2D eigenvalue weighted by Gasteiger charge is 2.04. The minimum Gasteiger partial charge on any atom is -0.496 e. The zero-order valence-electron chi connectivity index (χ0n) is 12.6. The monoisotopic (exact) mass is 366 g/mol. The molecule has 3 aromatic carbocycles. The van der Waals surface area contributed by atoms with Gasteiger partial charge in [-0.1, -0.05) is 48.5 Å². The number of carbonyl (C=O) groups is 1. The summed E-state index contributed by atoms with van der Waals surface area (Å²) in [5.41, 5.74) is 1.62. The van der Waals surface area contributed by atoms with E-state index in [1.165, 1.54) is 0 Å². The lowest BCUT2D eigenvalue weighted by molar-refractivity contribution is 0.104. The fourth-order valence-corrected chi connectivity index (χ4v) is 2.96. The Bertz CT molecular complexity index is 897. The molecule has 0 spiro atoms. The molecule has 114 valence electrons. The van der Waals surface area contributed by atoms with Gasteiger partial charge in [-0.3, -0.25) is 4.79 Å². The maximum atomic E-state index is 12.3. The van der Waals surface area contributed by atoms with E-state index in [4.69, 9.17) is 4.74 Å². The van der Waals surface area contributed by atoms with Crippen LogP contribution in [0.15, 0.2) is 71.2 Å². The Morgan fingerprint density at radius 2 is 1.78 bits per heavy atom. The van der Waals surface area contributed by atoms with Gasteiger partial charge in [-0.2, -0.15) is 0 Å². The molecule has 0 amide bonds. The van der Waals surface area contributed by atoms with E-state index >= 15 is 0 Å². The number of fused-ring (bicyclic) bond motifs is 1. The Morgan fingerprint density at radius 3 is 2.52 bits per heavy atom. The van der Waals surface area contributed by atoms with Crippen molar-refractivity contribution >= 4 is 38.6 Å². The standard InChI is InChI=1S/C20H15BrO2/c1-23-20-11-7-14(12-18(20)21)6-10-19(22)17-9-8-15-4-2-3-5-16(15)13-17/h2-13H,1H3/b10-6+. The van der Waals surface area contributed by atoms with Gasteiger partial charge in [0.05, 0.1) is 11.6 Å². The number of benzene rings is 3. The van der Waals surface area contributed by atoms with Gasteiger partial charge in [0, 0.05) is 5.56 Å². The van der Waals surface area contributed by atoms with Gasteiger partial charge in [0.25, 0.3) is 0 Å². The number of ether oxygens (including phenoxy) is 1. The molecule has 0 N–H and O–H groups in total. The van der Waals surface area contributed by atoms with Gasteiger partial charge >= 0.3 is 0 Å². The Hall–Kier alpha value is -2.39. The summed E-state index contributed by atoms with van der Waals surface area (Å²) in [7, 11) is 1.62. The molecule has 3 rings (SSSR count). The van der Waals surface area contributed by atoms with Crippen molar-refractivity contribution in [3.63, 3.8) is 0 Å². The summed E-state index contributed by atoms with van der Waals surface area (Å²) in [6.45, 7) is 0. The topological polar surface area (TPSA) is 26.3 Å². The van der Waals surface area contributed by atoms with E-state index in [9.17, 15) is 4.79 Å². The number of hydrogen-bond acceptors (Lipinski definition) is 2. The van der Waals surface area contributed by atoms with E-state index in [2.05, 4.69) is 15.9 Å². The molecule has 0 aliphatic heterocycles. The van der Waals surface area contributed by atoms with Gasteiger partial charge in [-0.15, -0.1) is 0 Å². The molecule has 0 bridgehead atoms. The third kappa shape index (κ3) is 3.51. The number of rotatable bonds is 4. The molecule has 23 heavy (non-hydrogen) atoms. The molecular weight excluding hydrogens is 352 g/mol. The first-order valence-corrected chi connectivity index (χ1v) is 8.01. The van der Waals surface area contributed by atoms with Crippen LogP contribution in [0.4, 0.5) is 0 Å². The Kier molecular flexibility index (Phi) is 4.58. The van der Waals surface area contributed by atoms with Crippen molar-refractivity contribution in [1.29, 1.82) is 0 Å². The summed E-state index contributed by atoms with van der Waals surface area (Å²) in [5, 5.41) is 2.20. The SMILES string of the molecule is COc1ccc(/C=C/C(=O)c2ccc3ccccc3c2)cc1Br. The Morgan fingerprint density at radius 1 is 1.00 bits per heavy atom. The molecule has 3 heteroatoms. The van der Waals surface area contributed by atoms with E-state index in [0.29, 0.717) is 5.56 Å². The van der Waals surface area contributed by atoms with Crippen LogP contribution >= 0.6 is 15.9 Å². The maximum Gasteiger partial charge on any atom is 0.185 e. The molecular formula is C20H15BrO2. The van der Waals surface area contributed by atoms with Crippen LogP contribution in [0.3, 0.4) is 0 Å². The molecule has 0 radical (unpaired) electrons. The van der Waals surface area contributed by atoms with Crippen LogP contribution in [-0.4, -0.2) is 12.9 Å². The fourth-order valence-electron chi connectivity index (χ4n) is 2.40. The number of carbonyl (C=O) groups excluding carboxylic acids is 1. The molecule has 3 aromatic rings. The summed E-state index contributed by atoms with van der Waals surface area (Å²) in [6.07, 6.45) is 3.40. The van der Waals surface area contributed by atoms with Crippen molar-refractivity contribution in [3.05, 3.63) is 82.3 Å². The van der Waals surface area contributed by atoms with Crippen LogP contribution < -0.4 is 4.74 Å². The number of hydrogen-bond donors (Lipinski definition) is 0. The molecule has 0 aliphatic carbocycles. The molecule has 0 saturated carbocycles. The maximum absolute atomic E-state index is 12.3. The Balaban J connectivity index is 1.83. The summed E-state index contributed by atoms with van der Waals surface area (Å²) < 4.78 is 6.06. The largest absolute Gasteiger partial charge is 0.496 e. The van der Waals surface area contributed by atoms with Crippen LogP contribution in [0, 0.1) is 0 Å². The van der Waals surface area contributed by atoms with Crippen molar-refractivity contribution in [2.75, 3.05) is 7.11 Å². The molecule has 0 atom stereocenters. The van der Waals surface area contributed by atoms with Crippen LogP contribution in [0.2, 0.25) is 0 Å². The quantitative estimate of drug-likeness (QED) is 0.449. The molecule has 0 saturated heterocycles. The van der Waals surface area contributed by atoms with E-state index in [1.807, 2.05) is 66.7 Å². The minimum atomic E-state index is -0.0114. The molecule has 0 heterocycles. The number of halogens is 1. The Labute approximate surface area is 143 Å². The molecule has 0 aromatic heterocycles. The molecule has 0 unspecified atom stereocenters. The first-order valence-electron chi connectivity index (χ1n) is 7.22. The van der Waals surface area contributed by atoms with E-state index < -0.39 is 0 Å². The van der Waals surface area contributed by atoms with Gasteiger partial charge in [0.2, 0.25) is 0 Å². The number of methoxy groups -OCH3 is 1. The summed E-state index contributed by atoms with van der Waals surface area (Å²) in [6, 6.07) is 19.5. The second-order valence-electron chi connectivity index (χ2n) is 5.15. The average Bonchev–Trinajstić information content (AvgIpc) is 2.59. The zero-order chi connectivity index (χ0) is 16.2. The van der Waals surface area contributed by atoms with Gasteiger partial charge in [0.15, 0.2) is 5.78 Å².